The highest BCUT2D eigenvalue weighted by atomic mass is 16.5. The van der Waals surface area contributed by atoms with Crippen LogP contribution in [0, 0.1) is 11.3 Å². The molecule has 0 aliphatic carbocycles. The van der Waals surface area contributed by atoms with Crippen LogP contribution in [0.2, 0.25) is 0 Å². The molecule has 3 aromatic rings. The van der Waals surface area contributed by atoms with Crippen LogP contribution in [0.5, 0.6) is 5.75 Å². The molecule has 0 unspecified atom stereocenters. The maximum atomic E-state index is 12.2. The van der Waals surface area contributed by atoms with Gasteiger partial charge in [0.1, 0.15) is 17.4 Å². The van der Waals surface area contributed by atoms with Gasteiger partial charge in [-0.2, -0.15) is 5.26 Å². The molecule has 6 heteroatoms. The average molecular weight is 372 g/mol. The smallest absolute Gasteiger partial charge is 0.379 e. The van der Waals surface area contributed by atoms with E-state index < -0.39 is 11.9 Å². The van der Waals surface area contributed by atoms with Crippen LogP contribution in [-0.2, 0) is 11.3 Å². The number of rotatable bonds is 6. The highest BCUT2D eigenvalue weighted by molar-refractivity contribution is 6.01. The summed E-state index contributed by atoms with van der Waals surface area (Å²) < 4.78 is 10.2. The molecule has 0 spiro atoms. The van der Waals surface area contributed by atoms with Crippen LogP contribution in [-0.4, -0.2) is 11.9 Å². The second-order valence-corrected chi connectivity index (χ2v) is 5.77. The van der Waals surface area contributed by atoms with Crippen molar-refractivity contribution in [2.45, 2.75) is 6.54 Å². The zero-order chi connectivity index (χ0) is 19.8. The second-order valence-electron chi connectivity index (χ2n) is 5.77. The van der Waals surface area contributed by atoms with E-state index in [1.54, 1.807) is 30.3 Å². The Kier molecular flexibility index (Phi) is 6.01. The molecular formula is C22H16N2O4. The zero-order valence-electron chi connectivity index (χ0n) is 14.8. The standard InChI is InChI=1S/C22H16N2O4/c23-14-18(21(25)24-15-17-5-2-1-3-6-17)13-16-8-10-19(11-9-16)28-22(26)20-7-4-12-27-20/h1-13H,15H2,(H,24,25)/b18-13+. The van der Waals surface area contributed by atoms with Crippen LogP contribution in [0.15, 0.2) is 83.0 Å². The highest BCUT2D eigenvalue weighted by Gasteiger charge is 2.12. The molecule has 0 saturated heterocycles. The Morgan fingerprint density at radius 1 is 1.04 bits per heavy atom. The first kappa shape index (κ1) is 18.7. The number of nitrogens with zero attached hydrogens (tertiary/aromatic N) is 1. The van der Waals surface area contributed by atoms with Crippen molar-refractivity contribution in [3.8, 4) is 11.8 Å². The first-order valence-electron chi connectivity index (χ1n) is 8.45. The topological polar surface area (TPSA) is 92.3 Å². The number of carbonyl (C=O) groups excluding carboxylic acids is 2. The molecule has 6 nitrogen and oxygen atoms in total. The minimum Gasteiger partial charge on any atom is -0.457 e. The van der Waals surface area contributed by atoms with Crippen molar-refractivity contribution in [1.82, 2.24) is 5.32 Å². The Bertz CT molecular complexity index is 1010. The Morgan fingerprint density at radius 3 is 2.43 bits per heavy atom. The van der Waals surface area contributed by atoms with E-state index in [4.69, 9.17) is 9.15 Å². The van der Waals surface area contributed by atoms with Gasteiger partial charge in [0, 0.05) is 6.54 Å². The molecule has 0 saturated carbocycles. The van der Waals surface area contributed by atoms with E-state index in [1.807, 2.05) is 36.4 Å². The largest absolute Gasteiger partial charge is 0.457 e. The highest BCUT2D eigenvalue weighted by Crippen LogP contribution is 2.16. The van der Waals surface area contributed by atoms with Gasteiger partial charge in [-0.25, -0.2) is 4.79 Å². The molecule has 28 heavy (non-hydrogen) atoms. The van der Waals surface area contributed by atoms with Crippen LogP contribution >= 0.6 is 0 Å². The van der Waals surface area contributed by atoms with Gasteiger partial charge in [0.25, 0.3) is 5.91 Å². The fourth-order valence-electron chi connectivity index (χ4n) is 2.37. The summed E-state index contributed by atoms with van der Waals surface area (Å²) in [6, 6.07) is 20.9. The zero-order valence-corrected chi connectivity index (χ0v) is 14.8. The van der Waals surface area contributed by atoms with Gasteiger partial charge >= 0.3 is 5.97 Å². The number of benzene rings is 2. The van der Waals surface area contributed by atoms with Gasteiger partial charge in [0.2, 0.25) is 5.76 Å². The normalized spacial score (nSPS) is 10.8. The van der Waals surface area contributed by atoms with Crippen LogP contribution < -0.4 is 10.1 Å². The van der Waals surface area contributed by atoms with Crippen LogP contribution in [0.25, 0.3) is 6.08 Å². The summed E-state index contributed by atoms with van der Waals surface area (Å²) >= 11 is 0. The van der Waals surface area contributed by atoms with Crippen LogP contribution in [0.3, 0.4) is 0 Å². The number of hydrogen-bond acceptors (Lipinski definition) is 5. The summed E-state index contributed by atoms with van der Waals surface area (Å²) in [5.74, 6) is -0.637. The number of nitriles is 1. The summed E-state index contributed by atoms with van der Waals surface area (Å²) in [5.41, 5.74) is 1.55. The van der Waals surface area contributed by atoms with Gasteiger partial charge in [-0.3, -0.25) is 4.79 Å². The predicted octanol–water partition coefficient (Wildman–Crippen LogP) is 3.72. The Hall–Kier alpha value is -4.11. The molecule has 3 rings (SSSR count). The third-order valence-electron chi connectivity index (χ3n) is 3.78. The first-order chi connectivity index (χ1) is 13.7. The molecular weight excluding hydrogens is 356 g/mol. The first-order valence-corrected chi connectivity index (χ1v) is 8.45. The van der Waals surface area contributed by atoms with Crippen molar-refractivity contribution < 1.29 is 18.7 Å². The summed E-state index contributed by atoms with van der Waals surface area (Å²) in [6.07, 6.45) is 2.86. The van der Waals surface area contributed by atoms with Gasteiger partial charge in [-0.05, 0) is 41.5 Å². The van der Waals surface area contributed by atoms with Crippen molar-refractivity contribution in [3.05, 3.63) is 95.5 Å². The average Bonchev–Trinajstić information content (AvgIpc) is 3.27. The van der Waals surface area contributed by atoms with Crippen molar-refractivity contribution in [3.63, 3.8) is 0 Å². The van der Waals surface area contributed by atoms with Gasteiger partial charge in [0.05, 0.1) is 6.26 Å². The van der Waals surface area contributed by atoms with E-state index in [0.717, 1.165) is 5.56 Å². The molecule has 0 fully saturated rings. The van der Waals surface area contributed by atoms with Gasteiger partial charge in [-0.15, -0.1) is 0 Å². The molecule has 2 aromatic carbocycles. The van der Waals surface area contributed by atoms with E-state index in [-0.39, 0.29) is 11.3 Å². The van der Waals surface area contributed by atoms with Crippen molar-refractivity contribution >= 4 is 18.0 Å². The fourth-order valence-corrected chi connectivity index (χ4v) is 2.37. The SMILES string of the molecule is N#C/C(=C\c1ccc(OC(=O)c2ccco2)cc1)C(=O)NCc1ccccc1. The maximum Gasteiger partial charge on any atom is 0.379 e. The quantitative estimate of drug-likeness (QED) is 0.308. The third-order valence-corrected chi connectivity index (χ3v) is 3.78. The molecule has 1 amide bonds. The lowest BCUT2D eigenvalue weighted by Gasteiger charge is -2.05. The Morgan fingerprint density at radius 2 is 1.79 bits per heavy atom. The maximum absolute atomic E-state index is 12.2. The number of hydrogen-bond donors (Lipinski definition) is 1. The Balaban J connectivity index is 1.63. The lowest BCUT2D eigenvalue weighted by molar-refractivity contribution is -0.117. The van der Waals surface area contributed by atoms with E-state index >= 15 is 0 Å². The predicted molar refractivity (Wildman–Crippen MR) is 102 cm³/mol. The lowest BCUT2D eigenvalue weighted by atomic mass is 10.1. The number of ether oxygens (including phenoxy) is 1. The van der Waals surface area contributed by atoms with Crippen LogP contribution in [0.1, 0.15) is 21.7 Å². The second kappa shape index (κ2) is 9.01. The molecule has 0 bridgehead atoms. The van der Waals surface area contributed by atoms with E-state index in [2.05, 4.69) is 5.32 Å². The number of nitrogens with one attached hydrogen (secondary N) is 1. The number of furan rings is 1. The molecule has 0 aliphatic rings. The van der Waals surface area contributed by atoms with E-state index in [1.165, 1.54) is 18.4 Å². The van der Waals surface area contributed by atoms with E-state index in [9.17, 15) is 14.9 Å². The summed E-state index contributed by atoms with van der Waals surface area (Å²) in [7, 11) is 0. The molecule has 0 atom stereocenters. The van der Waals surface area contributed by atoms with Gasteiger partial charge in [0.15, 0.2) is 0 Å². The molecule has 0 radical (unpaired) electrons. The van der Waals surface area contributed by atoms with Crippen molar-refractivity contribution in [2.24, 2.45) is 0 Å². The number of carbonyl (C=O) groups is 2. The molecule has 1 heterocycles. The summed E-state index contributed by atoms with van der Waals surface area (Å²) in [5, 5.41) is 12.0. The van der Waals surface area contributed by atoms with Gasteiger partial charge in [-0.1, -0.05) is 42.5 Å². The monoisotopic (exact) mass is 372 g/mol. The summed E-state index contributed by atoms with van der Waals surface area (Å²) in [6.45, 7) is 0.334. The fraction of sp³-hybridized carbons (Fsp3) is 0.0455. The van der Waals surface area contributed by atoms with E-state index in [0.29, 0.717) is 17.9 Å². The van der Waals surface area contributed by atoms with Crippen molar-refractivity contribution in [2.75, 3.05) is 0 Å². The summed E-state index contributed by atoms with van der Waals surface area (Å²) in [4.78, 5) is 24.1. The Labute approximate surface area is 161 Å². The minimum atomic E-state index is -0.605. The number of esters is 1. The number of amides is 1. The van der Waals surface area contributed by atoms with Gasteiger partial charge < -0.3 is 14.5 Å². The molecule has 1 N–H and O–H groups in total. The van der Waals surface area contributed by atoms with Crippen molar-refractivity contribution in [1.29, 1.82) is 5.26 Å². The minimum absolute atomic E-state index is 0.0174. The third kappa shape index (κ3) is 4.96. The molecule has 0 aliphatic heterocycles. The molecule has 1 aromatic heterocycles. The lowest BCUT2D eigenvalue weighted by Crippen LogP contribution is -2.23. The van der Waals surface area contributed by atoms with Crippen LogP contribution in [0.4, 0.5) is 0 Å². The molecule has 138 valence electrons.